The number of benzene rings is 1. The van der Waals surface area contributed by atoms with Gasteiger partial charge in [-0.15, -0.1) is 6.58 Å². The van der Waals surface area contributed by atoms with Gasteiger partial charge < -0.3 is 14.4 Å². The number of hydrogen-bond acceptors (Lipinski definition) is 7. The van der Waals surface area contributed by atoms with Crippen LogP contribution in [0.1, 0.15) is 32.8 Å². The molecule has 9 heteroatoms. The summed E-state index contributed by atoms with van der Waals surface area (Å²) >= 11 is 2.21. The molecule has 0 radical (unpaired) electrons. The summed E-state index contributed by atoms with van der Waals surface area (Å²) in [6.45, 7) is 12.9. The third kappa shape index (κ3) is 5.67. The average molecular weight is 609 g/mol. The van der Waals surface area contributed by atoms with Crippen LogP contribution in [0, 0.1) is 21.3 Å². The van der Waals surface area contributed by atoms with Gasteiger partial charge in [0.1, 0.15) is 31.3 Å². The lowest BCUT2D eigenvalue weighted by molar-refractivity contribution is -0.271. The number of amides is 1. The highest BCUT2D eigenvalue weighted by atomic mass is 127. The maximum Gasteiger partial charge on any atom is 0.355 e. The maximum atomic E-state index is 13.2. The van der Waals surface area contributed by atoms with E-state index < -0.39 is 29.8 Å². The minimum Gasteiger partial charge on any atom is -0.488 e. The molecule has 1 amide bonds. The van der Waals surface area contributed by atoms with E-state index in [-0.39, 0.29) is 37.3 Å². The van der Waals surface area contributed by atoms with Crippen molar-refractivity contribution in [3.63, 3.8) is 0 Å². The summed E-state index contributed by atoms with van der Waals surface area (Å²) in [5.74, 6) is -2.54. The molecular weight excluding hydrogens is 577 g/mol. The van der Waals surface area contributed by atoms with Crippen molar-refractivity contribution in [2.45, 2.75) is 39.7 Å². The summed E-state index contributed by atoms with van der Waals surface area (Å²) < 4.78 is 12.4. The normalized spacial score (nSPS) is 21.4. The summed E-state index contributed by atoms with van der Waals surface area (Å²) in [7, 11) is 0. The van der Waals surface area contributed by atoms with Crippen LogP contribution >= 0.6 is 22.6 Å². The van der Waals surface area contributed by atoms with E-state index >= 15 is 0 Å². The van der Waals surface area contributed by atoms with E-state index in [0.717, 1.165) is 22.0 Å². The number of nitrogens with zero attached hydrogens (tertiary/aromatic N) is 1. The minimum atomic E-state index is -0.761. The molecule has 0 bridgehead atoms. The molecule has 1 aromatic carbocycles. The topological polar surface area (TPSA) is 91.4 Å². The molecule has 194 valence electrons. The Hall–Kier alpha value is -2.66. The van der Waals surface area contributed by atoms with Crippen LogP contribution in [-0.2, 0) is 35.3 Å². The molecule has 0 N–H and O–H groups in total. The van der Waals surface area contributed by atoms with Gasteiger partial charge in [-0.25, -0.2) is 9.59 Å². The highest BCUT2D eigenvalue weighted by Gasteiger charge is 2.61. The summed E-state index contributed by atoms with van der Waals surface area (Å²) in [5, 5.41) is 0. The van der Waals surface area contributed by atoms with Crippen molar-refractivity contribution in [1.82, 2.24) is 4.90 Å². The van der Waals surface area contributed by atoms with Gasteiger partial charge in [0.2, 0.25) is 5.91 Å². The van der Waals surface area contributed by atoms with Gasteiger partial charge in [0.25, 0.3) is 0 Å². The van der Waals surface area contributed by atoms with E-state index in [4.69, 9.17) is 19.2 Å². The van der Waals surface area contributed by atoms with Gasteiger partial charge in [-0.2, -0.15) is 4.89 Å². The number of esters is 1. The molecule has 0 aliphatic carbocycles. The molecule has 1 aromatic rings. The van der Waals surface area contributed by atoms with E-state index in [0.29, 0.717) is 11.3 Å². The zero-order valence-corrected chi connectivity index (χ0v) is 23.0. The molecule has 1 saturated heterocycles. The van der Waals surface area contributed by atoms with Crippen LogP contribution in [0.5, 0.6) is 5.75 Å². The Bertz CT molecular complexity index is 1070. The first-order valence-corrected chi connectivity index (χ1v) is 13.0. The second-order valence-electron chi connectivity index (χ2n) is 8.84. The Morgan fingerprint density at radius 2 is 1.94 bits per heavy atom. The van der Waals surface area contributed by atoms with E-state index in [1.54, 1.807) is 6.92 Å². The number of hydrogen-bond donors (Lipinski definition) is 0. The van der Waals surface area contributed by atoms with Crippen molar-refractivity contribution in [3.05, 3.63) is 63.9 Å². The number of ether oxygens (including phenoxy) is 2. The predicted octanol–water partition coefficient (Wildman–Crippen LogP) is 4.38. The Morgan fingerprint density at radius 1 is 1.22 bits per heavy atom. The summed E-state index contributed by atoms with van der Waals surface area (Å²) in [4.78, 5) is 49.7. The molecule has 8 nitrogen and oxygen atoms in total. The number of carbonyl (C=O) groups excluding carboxylic acids is 3. The highest BCUT2D eigenvalue weighted by Crippen LogP contribution is 2.49. The summed E-state index contributed by atoms with van der Waals surface area (Å²) in [6.07, 6.45) is 4.86. The first-order valence-electron chi connectivity index (χ1n) is 12.0. The van der Waals surface area contributed by atoms with Gasteiger partial charge >= 0.3 is 11.9 Å². The fourth-order valence-corrected chi connectivity index (χ4v) is 5.16. The number of carbonyl (C=O) groups is 3. The number of rotatable bonds is 13. The molecule has 1 fully saturated rings. The van der Waals surface area contributed by atoms with Gasteiger partial charge in [0.05, 0.1) is 21.4 Å². The molecule has 2 aliphatic rings. The fourth-order valence-electron chi connectivity index (χ4n) is 4.67. The SMILES string of the molecule is C=CCOOC(=O)C(C)C1C(=O)N2C(C(=O)OCC=C)=C(COc3cc(CCC)ccc3I)[C@H](C)C12. The monoisotopic (exact) mass is 609 g/mol. The van der Waals surface area contributed by atoms with Crippen LogP contribution in [0.15, 0.2) is 54.8 Å². The molecule has 36 heavy (non-hydrogen) atoms. The molecular formula is C27H32INO7. The van der Waals surface area contributed by atoms with Crippen molar-refractivity contribution in [2.75, 3.05) is 19.8 Å². The predicted molar refractivity (Wildman–Crippen MR) is 142 cm³/mol. The Labute approximate surface area is 225 Å². The highest BCUT2D eigenvalue weighted by molar-refractivity contribution is 14.1. The lowest BCUT2D eigenvalue weighted by atomic mass is 9.74. The van der Waals surface area contributed by atoms with E-state index in [1.807, 2.05) is 19.1 Å². The van der Waals surface area contributed by atoms with Gasteiger partial charge in [-0.05, 0) is 46.7 Å². The molecule has 4 atom stereocenters. The quantitative estimate of drug-likeness (QED) is 0.0624. The first-order chi connectivity index (χ1) is 17.3. The summed E-state index contributed by atoms with van der Waals surface area (Å²) in [5.41, 5.74) is 2.00. The van der Waals surface area contributed by atoms with Crippen molar-refractivity contribution in [1.29, 1.82) is 0 Å². The van der Waals surface area contributed by atoms with E-state index in [1.165, 1.54) is 17.1 Å². The maximum absolute atomic E-state index is 13.2. The Morgan fingerprint density at radius 3 is 2.61 bits per heavy atom. The molecule has 0 aromatic heterocycles. The zero-order valence-electron chi connectivity index (χ0n) is 20.8. The van der Waals surface area contributed by atoms with Crippen LogP contribution in [-0.4, -0.2) is 48.6 Å². The lowest BCUT2D eigenvalue weighted by Gasteiger charge is -2.47. The van der Waals surface area contributed by atoms with Crippen LogP contribution in [0.4, 0.5) is 0 Å². The second kappa shape index (κ2) is 12.5. The number of halogens is 1. The van der Waals surface area contributed by atoms with E-state index in [2.05, 4.69) is 48.7 Å². The molecule has 3 rings (SSSR count). The second-order valence-corrected chi connectivity index (χ2v) is 10.0. The number of β-lactam (4-membered cyclic amide) rings is 1. The molecule has 0 spiro atoms. The van der Waals surface area contributed by atoms with Gasteiger partial charge in [-0.1, -0.05) is 52.0 Å². The fraction of sp³-hybridized carbons (Fsp3) is 0.444. The largest absolute Gasteiger partial charge is 0.488 e. The van der Waals surface area contributed by atoms with Crippen molar-refractivity contribution in [2.24, 2.45) is 17.8 Å². The van der Waals surface area contributed by atoms with Gasteiger partial charge in [-0.3, -0.25) is 9.68 Å². The molecule has 0 saturated carbocycles. The minimum absolute atomic E-state index is 0.0152. The van der Waals surface area contributed by atoms with Crippen LogP contribution in [0.3, 0.4) is 0 Å². The Balaban J connectivity index is 1.85. The molecule has 2 heterocycles. The van der Waals surface area contributed by atoms with Crippen LogP contribution in [0.25, 0.3) is 0 Å². The molecule has 2 aliphatic heterocycles. The summed E-state index contributed by atoms with van der Waals surface area (Å²) in [6, 6.07) is 5.68. The average Bonchev–Trinajstić information content (AvgIpc) is 3.11. The lowest BCUT2D eigenvalue weighted by Crippen LogP contribution is -2.63. The number of aryl methyl sites for hydroxylation is 1. The van der Waals surface area contributed by atoms with Crippen LogP contribution < -0.4 is 4.74 Å². The van der Waals surface area contributed by atoms with Gasteiger partial charge in [0.15, 0.2) is 0 Å². The van der Waals surface area contributed by atoms with Crippen molar-refractivity contribution >= 4 is 40.4 Å². The standard InChI is InChI=1S/C27H32INO7/c1-6-9-18-10-11-20(28)21(14-18)34-15-19-16(4)23-22(17(5)26(31)36-35-13-8-3)25(30)29(23)24(19)27(32)33-12-7-2/h7-8,10-11,14,16-17,22-23H,2-3,6,9,12-13,15H2,1,4-5H3/t16-,17?,22?,23?/m0/s1. The first kappa shape index (κ1) is 27.9. The van der Waals surface area contributed by atoms with E-state index in [9.17, 15) is 14.4 Å². The van der Waals surface area contributed by atoms with Gasteiger partial charge in [0, 0.05) is 11.5 Å². The smallest absolute Gasteiger partial charge is 0.355 e. The van der Waals surface area contributed by atoms with Crippen molar-refractivity contribution < 1.29 is 33.6 Å². The Kier molecular flexibility index (Phi) is 9.72. The molecule has 3 unspecified atom stereocenters. The third-order valence-corrected chi connectivity index (χ3v) is 7.37. The third-order valence-electron chi connectivity index (χ3n) is 6.48. The zero-order chi connectivity index (χ0) is 26.4. The van der Waals surface area contributed by atoms with Crippen molar-refractivity contribution in [3.8, 4) is 5.75 Å². The van der Waals surface area contributed by atoms with Crippen LogP contribution in [0.2, 0.25) is 0 Å². The number of fused-ring (bicyclic) bond motifs is 1.